The molecule has 0 amide bonds. The predicted octanol–water partition coefficient (Wildman–Crippen LogP) is 2.25. The number of halogens is 3. The molecule has 0 radical (unpaired) electrons. The average Bonchev–Trinajstić information content (AvgIpc) is 2.27. The molecule has 1 atom stereocenters. The van der Waals surface area contributed by atoms with Gasteiger partial charge in [0.1, 0.15) is 0 Å². The molecule has 96 valence electrons. The minimum atomic E-state index is -4.19. The van der Waals surface area contributed by atoms with Crippen LogP contribution in [0.4, 0.5) is 13.2 Å². The molecule has 0 saturated carbocycles. The normalized spacial score (nSPS) is 13.5. The summed E-state index contributed by atoms with van der Waals surface area (Å²) in [4.78, 5) is 0. The average molecular weight is 250 g/mol. The summed E-state index contributed by atoms with van der Waals surface area (Å²) in [5.74, 6) is 0.288. The van der Waals surface area contributed by atoms with Crippen molar-refractivity contribution in [2.45, 2.75) is 31.5 Å². The van der Waals surface area contributed by atoms with Crippen LogP contribution in [0, 0.1) is 0 Å². The van der Waals surface area contributed by atoms with Crippen molar-refractivity contribution >= 4 is 0 Å². The van der Waals surface area contributed by atoms with Crippen LogP contribution >= 0.6 is 0 Å². The van der Waals surface area contributed by atoms with Crippen LogP contribution in [0.5, 0.6) is 5.88 Å². The molecule has 0 bridgehead atoms. The molecule has 1 aromatic heterocycles. The number of hydrogen-bond donors (Lipinski definition) is 1. The first-order valence-corrected chi connectivity index (χ1v) is 5.05. The Morgan fingerprint density at radius 1 is 1.35 bits per heavy atom. The number of aliphatic hydroxyl groups excluding tert-OH is 1. The third-order valence-corrected chi connectivity index (χ3v) is 2.15. The van der Waals surface area contributed by atoms with E-state index in [0.29, 0.717) is 0 Å². The summed E-state index contributed by atoms with van der Waals surface area (Å²) in [7, 11) is 1.42. The molecule has 7 heteroatoms. The maximum atomic E-state index is 11.9. The lowest BCUT2D eigenvalue weighted by Crippen LogP contribution is -2.09. The van der Waals surface area contributed by atoms with E-state index in [2.05, 4.69) is 10.2 Å². The van der Waals surface area contributed by atoms with Crippen molar-refractivity contribution in [1.82, 2.24) is 10.2 Å². The Bertz CT molecular complexity index is 340. The first-order valence-electron chi connectivity index (χ1n) is 5.05. The van der Waals surface area contributed by atoms with Gasteiger partial charge in [-0.05, 0) is 18.9 Å². The van der Waals surface area contributed by atoms with Crippen LogP contribution in [0.1, 0.15) is 31.1 Å². The molecule has 1 unspecified atom stereocenters. The predicted molar refractivity (Wildman–Crippen MR) is 53.4 cm³/mol. The number of aliphatic hydroxyl groups is 1. The van der Waals surface area contributed by atoms with Crippen molar-refractivity contribution in [1.29, 1.82) is 0 Å². The van der Waals surface area contributed by atoms with Gasteiger partial charge in [0.25, 0.3) is 0 Å². The fourth-order valence-electron chi connectivity index (χ4n) is 1.26. The second kappa shape index (κ2) is 5.81. The van der Waals surface area contributed by atoms with Crippen LogP contribution in [-0.2, 0) is 0 Å². The van der Waals surface area contributed by atoms with Crippen LogP contribution in [0.2, 0.25) is 0 Å². The lowest BCUT2D eigenvalue weighted by atomic mass is 10.1. The maximum Gasteiger partial charge on any atom is 0.389 e. The number of aromatic nitrogens is 2. The number of hydrogen-bond acceptors (Lipinski definition) is 4. The zero-order chi connectivity index (χ0) is 12.9. The van der Waals surface area contributed by atoms with Gasteiger partial charge in [-0.3, -0.25) is 0 Å². The fraction of sp³-hybridized carbons (Fsp3) is 0.600. The Hall–Kier alpha value is -1.37. The van der Waals surface area contributed by atoms with Crippen molar-refractivity contribution in [2.75, 3.05) is 7.11 Å². The highest BCUT2D eigenvalue weighted by molar-refractivity contribution is 5.12. The van der Waals surface area contributed by atoms with E-state index in [1.807, 2.05) is 0 Å². The van der Waals surface area contributed by atoms with Crippen molar-refractivity contribution < 1.29 is 23.0 Å². The lowest BCUT2D eigenvalue weighted by molar-refractivity contribution is -0.136. The molecule has 0 aliphatic heterocycles. The number of ether oxygens (including phenoxy) is 1. The molecule has 1 aromatic rings. The zero-order valence-corrected chi connectivity index (χ0v) is 9.24. The highest BCUT2D eigenvalue weighted by Gasteiger charge is 2.26. The van der Waals surface area contributed by atoms with Gasteiger partial charge in [0.15, 0.2) is 0 Å². The lowest BCUT2D eigenvalue weighted by Gasteiger charge is -2.10. The van der Waals surface area contributed by atoms with E-state index >= 15 is 0 Å². The van der Waals surface area contributed by atoms with E-state index in [0.717, 1.165) is 0 Å². The molecule has 1 N–H and O–H groups in total. The van der Waals surface area contributed by atoms with Crippen molar-refractivity contribution in [3.05, 3.63) is 17.8 Å². The highest BCUT2D eigenvalue weighted by Crippen LogP contribution is 2.25. The topological polar surface area (TPSA) is 55.2 Å². The van der Waals surface area contributed by atoms with Gasteiger partial charge >= 0.3 is 6.18 Å². The zero-order valence-electron chi connectivity index (χ0n) is 9.24. The van der Waals surface area contributed by atoms with E-state index < -0.39 is 18.7 Å². The summed E-state index contributed by atoms with van der Waals surface area (Å²) in [6.45, 7) is 0. The molecule has 1 heterocycles. The van der Waals surface area contributed by atoms with Crippen LogP contribution in [0.15, 0.2) is 12.1 Å². The Morgan fingerprint density at radius 3 is 2.53 bits per heavy atom. The first kappa shape index (κ1) is 13.7. The van der Waals surface area contributed by atoms with E-state index in [1.165, 1.54) is 19.2 Å². The Balaban J connectivity index is 2.43. The molecule has 0 aliphatic rings. The van der Waals surface area contributed by atoms with Crippen LogP contribution in [0.25, 0.3) is 0 Å². The van der Waals surface area contributed by atoms with Gasteiger partial charge in [-0.1, -0.05) is 0 Å². The summed E-state index contributed by atoms with van der Waals surface area (Å²) in [6, 6.07) is 2.97. The standard InChI is InChI=1S/C10H13F3N2O2/c1-17-9-5-4-7(14-15-9)8(16)3-2-6-10(11,12)13/h4-5,8,16H,2-3,6H2,1H3. The van der Waals surface area contributed by atoms with E-state index in [1.54, 1.807) is 0 Å². The SMILES string of the molecule is COc1ccc(C(O)CCCC(F)(F)F)nn1. The molecular weight excluding hydrogens is 237 g/mol. The van der Waals surface area contributed by atoms with E-state index in [4.69, 9.17) is 4.74 Å². The van der Waals surface area contributed by atoms with Gasteiger partial charge in [-0.25, -0.2) is 0 Å². The van der Waals surface area contributed by atoms with Gasteiger partial charge in [0.2, 0.25) is 5.88 Å². The molecule has 0 aromatic carbocycles. The summed E-state index contributed by atoms with van der Waals surface area (Å²) in [5, 5.41) is 16.8. The number of nitrogens with zero attached hydrogens (tertiary/aromatic N) is 2. The Kier molecular flexibility index (Phi) is 4.68. The summed E-state index contributed by atoms with van der Waals surface area (Å²) < 4.78 is 40.4. The Morgan fingerprint density at radius 2 is 2.06 bits per heavy atom. The van der Waals surface area contributed by atoms with Gasteiger partial charge < -0.3 is 9.84 Å². The molecule has 4 nitrogen and oxygen atoms in total. The molecule has 17 heavy (non-hydrogen) atoms. The van der Waals surface area contributed by atoms with Gasteiger partial charge in [-0.2, -0.15) is 13.2 Å². The third kappa shape index (κ3) is 4.99. The third-order valence-electron chi connectivity index (χ3n) is 2.15. The van der Waals surface area contributed by atoms with Crippen LogP contribution in [-0.4, -0.2) is 28.6 Å². The number of rotatable bonds is 5. The molecule has 1 rings (SSSR count). The van der Waals surface area contributed by atoms with Gasteiger partial charge in [-0.15, -0.1) is 10.2 Å². The fourth-order valence-corrected chi connectivity index (χ4v) is 1.26. The molecular formula is C10H13F3N2O2. The molecule has 0 aliphatic carbocycles. The Labute approximate surface area is 96.4 Å². The van der Waals surface area contributed by atoms with Gasteiger partial charge in [0.05, 0.1) is 18.9 Å². The minimum absolute atomic E-state index is 0.000515. The number of alkyl halides is 3. The van der Waals surface area contributed by atoms with Crippen LogP contribution in [0.3, 0.4) is 0 Å². The highest BCUT2D eigenvalue weighted by atomic mass is 19.4. The van der Waals surface area contributed by atoms with Crippen LogP contribution < -0.4 is 4.74 Å². The summed E-state index contributed by atoms with van der Waals surface area (Å²) >= 11 is 0. The molecule has 0 saturated heterocycles. The van der Waals surface area contributed by atoms with Crippen molar-refractivity contribution in [3.63, 3.8) is 0 Å². The van der Waals surface area contributed by atoms with Crippen molar-refractivity contribution in [3.8, 4) is 5.88 Å². The smallest absolute Gasteiger partial charge is 0.389 e. The quantitative estimate of drug-likeness (QED) is 0.870. The second-order valence-corrected chi connectivity index (χ2v) is 3.52. The number of methoxy groups -OCH3 is 1. The summed E-state index contributed by atoms with van der Waals surface area (Å²) in [6.07, 6.45) is -6.27. The van der Waals surface area contributed by atoms with E-state index in [-0.39, 0.29) is 24.4 Å². The summed E-state index contributed by atoms with van der Waals surface area (Å²) in [5.41, 5.74) is 0.243. The monoisotopic (exact) mass is 250 g/mol. The molecule has 0 spiro atoms. The first-order chi connectivity index (χ1) is 7.92. The maximum absolute atomic E-state index is 11.9. The van der Waals surface area contributed by atoms with Crippen molar-refractivity contribution in [2.24, 2.45) is 0 Å². The van der Waals surface area contributed by atoms with E-state index in [9.17, 15) is 18.3 Å². The van der Waals surface area contributed by atoms with Gasteiger partial charge in [0, 0.05) is 12.5 Å². The largest absolute Gasteiger partial charge is 0.480 e. The second-order valence-electron chi connectivity index (χ2n) is 3.52. The minimum Gasteiger partial charge on any atom is -0.480 e. The molecule has 0 fully saturated rings.